The molecular formula is C18H17Cl2N3O2. The molecule has 25 heavy (non-hydrogen) atoms. The number of hydrogen-bond donors (Lipinski definition) is 1. The first kappa shape index (κ1) is 18.9. The molecule has 0 bridgehead atoms. The molecule has 1 aromatic carbocycles. The zero-order chi connectivity index (χ0) is 18.4. The van der Waals surface area contributed by atoms with Crippen molar-refractivity contribution in [2.24, 2.45) is 0 Å². The normalized spacial score (nSPS) is 11.1. The van der Waals surface area contributed by atoms with Gasteiger partial charge in [-0.3, -0.25) is 4.79 Å². The number of carbonyl (C=O) groups excluding carboxylic acids is 1. The zero-order valence-electron chi connectivity index (χ0n) is 13.8. The highest BCUT2D eigenvalue weighted by molar-refractivity contribution is 6.42. The maximum absolute atomic E-state index is 12.3. The Bertz CT molecular complexity index is 833. The minimum Gasteiger partial charge on any atom is -0.441 e. The molecule has 5 nitrogen and oxygen atoms in total. The predicted octanol–water partition coefficient (Wildman–Crippen LogP) is 4.98. The van der Waals surface area contributed by atoms with Crippen LogP contribution in [-0.2, 0) is 4.79 Å². The van der Waals surface area contributed by atoms with Gasteiger partial charge in [0, 0.05) is 30.9 Å². The molecule has 0 spiro atoms. The predicted molar refractivity (Wildman–Crippen MR) is 101 cm³/mol. The van der Waals surface area contributed by atoms with Gasteiger partial charge in [0.05, 0.1) is 10.0 Å². The molecular weight excluding hydrogens is 361 g/mol. The van der Waals surface area contributed by atoms with Crippen molar-refractivity contribution in [1.29, 1.82) is 5.26 Å². The van der Waals surface area contributed by atoms with Gasteiger partial charge in [-0.15, -0.1) is 0 Å². The number of furan rings is 1. The Morgan fingerprint density at radius 3 is 2.56 bits per heavy atom. The Balaban J connectivity index is 2.18. The summed E-state index contributed by atoms with van der Waals surface area (Å²) in [5, 5.41) is 12.6. The number of nitrogens with zero attached hydrogens (tertiary/aromatic N) is 2. The Hall–Kier alpha value is -2.42. The third-order valence-corrected chi connectivity index (χ3v) is 4.26. The van der Waals surface area contributed by atoms with E-state index in [-0.39, 0.29) is 5.57 Å². The molecule has 0 fully saturated rings. The molecule has 1 aromatic heterocycles. The van der Waals surface area contributed by atoms with Crippen molar-refractivity contribution >= 4 is 46.8 Å². The SMILES string of the molecule is CCN(CC)c1ccc(/C=C(/C#N)C(=O)Nc2ccc(Cl)c(Cl)c2)o1. The lowest BCUT2D eigenvalue weighted by atomic mass is 10.2. The number of nitrogens with one attached hydrogen (secondary N) is 1. The van der Waals surface area contributed by atoms with Gasteiger partial charge in [-0.2, -0.15) is 5.26 Å². The summed E-state index contributed by atoms with van der Waals surface area (Å²) < 4.78 is 5.67. The van der Waals surface area contributed by atoms with Gasteiger partial charge in [0.25, 0.3) is 5.91 Å². The highest BCUT2D eigenvalue weighted by atomic mass is 35.5. The molecule has 0 saturated heterocycles. The van der Waals surface area contributed by atoms with E-state index in [0.29, 0.717) is 27.4 Å². The van der Waals surface area contributed by atoms with E-state index in [4.69, 9.17) is 27.6 Å². The van der Waals surface area contributed by atoms with Crippen molar-refractivity contribution in [3.63, 3.8) is 0 Å². The van der Waals surface area contributed by atoms with E-state index in [2.05, 4.69) is 5.32 Å². The van der Waals surface area contributed by atoms with Crippen LogP contribution in [0.4, 0.5) is 11.6 Å². The molecule has 1 amide bonds. The second-order valence-corrected chi connectivity index (χ2v) is 5.92. The smallest absolute Gasteiger partial charge is 0.266 e. The fourth-order valence-corrected chi connectivity index (χ4v) is 2.49. The maximum atomic E-state index is 12.3. The lowest BCUT2D eigenvalue weighted by Crippen LogP contribution is -2.20. The molecule has 0 atom stereocenters. The third kappa shape index (κ3) is 4.79. The van der Waals surface area contributed by atoms with E-state index in [9.17, 15) is 10.1 Å². The van der Waals surface area contributed by atoms with Crippen LogP contribution in [0.2, 0.25) is 10.0 Å². The summed E-state index contributed by atoms with van der Waals surface area (Å²) in [6.45, 7) is 5.64. The Morgan fingerprint density at radius 1 is 1.24 bits per heavy atom. The Labute approximate surface area is 156 Å². The van der Waals surface area contributed by atoms with Crippen LogP contribution in [0.5, 0.6) is 0 Å². The largest absolute Gasteiger partial charge is 0.441 e. The topological polar surface area (TPSA) is 69.3 Å². The highest BCUT2D eigenvalue weighted by Crippen LogP contribution is 2.25. The van der Waals surface area contributed by atoms with Gasteiger partial charge < -0.3 is 14.6 Å². The highest BCUT2D eigenvalue weighted by Gasteiger charge is 2.13. The summed E-state index contributed by atoms with van der Waals surface area (Å²) >= 11 is 11.8. The van der Waals surface area contributed by atoms with Crippen molar-refractivity contribution in [2.45, 2.75) is 13.8 Å². The number of rotatable bonds is 6. The van der Waals surface area contributed by atoms with E-state index in [1.165, 1.54) is 12.1 Å². The van der Waals surface area contributed by atoms with Crippen molar-refractivity contribution in [1.82, 2.24) is 0 Å². The molecule has 1 heterocycles. The summed E-state index contributed by atoms with van der Waals surface area (Å²) in [6, 6.07) is 10.1. The molecule has 0 aliphatic heterocycles. The second kappa shape index (κ2) is 8.61. The van der Waals surface area contributed by atoms with Crippen LogP contribution in [-0.4, -0.2) is 19.0 Å². The van der Waals surface area contributed by atoms with Gasteiger partial charge in [-0.05, 0) is 38.1 Å². The third-order valence-electron chi connectivity index (χ3n) is 3.52. The lowest BCUT2D eigenvalue weighted by Gasteiger charge is -2.16. The number of carbonyl (C=O) groups is 1. The lowest BCUT2D eigenvalue weighted by molar-refractivity contribution is -0.112. The Morgan fingerprint density at radius 2 is 1.96 bits per heavy atom. The molecule has 130 valence electrons. The second-order valence-electron chi connectivity index (χ2n) is 5.10. The molecule has 0 aliphatic carbocycles. The number of benzene rings is 1. The number of amides is 1. The summed E-state index contributed by atoms with van der Waals surface area (Å²) in [4.78, 5) is 14.3. The van der Waals surface area contributed by atoms with Crippen molar-refractivity contribution < 1.29 is 9.21 Å². The van der Waals surface area contributed by atoms with Crippen molar-refractivity contribution in [3.05, 3.63) is 51.7 Å². The summed E-state index contributed by atoms with van der Waals surface area (Å²) in [5.41, 5.74) is 0.371. The van der Waals surface area contributed by atoms with E-state index < -0.39 is 5.91 Å². The van der Waals surface area contributed by atoms with E-state index in [1.54, 1.807) is 18.2 Å². The maximum Gasteiger partial charge on any atom is 0.266 e. The van der Waals surface area contributed by atoms with E-state index in [0.717, 1.165) is 13.1 Å². The standard InChI is InChI=1S/C18H17Cl2N3O2/c1-3-23(4-2)17-8-6-14(25-17)9-12(11-21)18(24)22-13-5-7-15(19)16(20)10-13/h5-10H,3-4H2,1-2H3,(H,22,24)/b12-9-. The molecule has 0 saturated carbocycles. The first-order chi connectivity index (χ1) is 12.0. The van der Waals surface area contributed by atoms with Gasteiger partial charge in [-0.1, -0.05) is 23.2 Å². The molecule has 2 aromatic rings. The van der Waals surface area contributed by atoms with Crippen LogP contribution >= 0.6 is 23.2 Å². The summed E-state index contributed by atoms with van der Waals surface area (Å²) in [7, 11) is 0. The minimum atomic E-state index is -0.554. The van der Waals surface area contributed by atoms with Crippen LogP contribution in [0, 0.1) is 11.3 Å². The number of hydrogen-bond acceptors (Lipinski definition) is 4. The Kier molecular flexibility index (Phi) is 6.51. The fraction of sp³-hybridized carbons (Fsp3) is 0.222. The average Bonchev–Trinajstić information content (AvgIpc) is 3.05. The van der Waals surface area contributed by atoms with Crippen LogP contribution < -0.4 is 10.2 Å². The van der Waals surface area contributed by atoms with E-state index in [1.807, 2.05) is 30.9 Å². The fourth-order valence-electron chi connectivity index (χ4n) is 2.19. The summed E-state index contributed by atoms with van der Waals surface area (Å²) in [6.07, 6.45) is 1.40. The van der Waals surface area contributed by atoms with Crippen LogP contribution in [0.25, 0.3) is 6.08 Å². The zero-order valence-corrected chi connectivity index (χ0v) is 15.4. The molecule has 1 N–H and O–H groups in total. The van der Waals surface area contributed by atoms with Gasteiger partial charge >= 0.3 is 0 Å². The number of halogens is 2. The first-order valence-corrected chi connectivity index (χ1v) is 8.47. The minimum absolute atomic E-state index is 0.0773. The molecule has 7 heteroatoms. The monoisotopic (exact) mass is 377 g/mol. The van der Waals surface area contributed by atoms with Gasteiger partial charge in [-0.25, -0.2) is 0 Å². The van der Waals surface area contributed by atoms with Crippen molar-refractivity contribution in [3.8, 4) is 6.07 Å². The van der Waals surface area contributed by atoms with E-state index >= 15 is 0 Å². The van der Waals surface area contributed by atoms with Crippen molar-refractivity contribution in [2.75, 3.05) is 23.3 Å². The summed E-state index contributed by atoms with van der Waals surface area (Å²) in [5.74, 6) is 0.572. The molecule has 0 unspecified atom stereocenters. The van der Waals surface area contributed by atoms with Crippen LogP contribution in [0.15, 0.2) is 40.3 Å². The van der Waals surface area contributed by atoms with Gasteiger partial charge in [0.2, 0.25) is 0 Å². The van der Waals surface area contributed by atoms with Crippen LogP contribution in [0.1, 0.15) is 19.6 Å². The number of nitriles is 1. The number of anilines is 2. The van der Waals surface area contributed by atoms with Gasteiger partial charge in [0.1, 0.15) is 17.4 Å². The van der Waals surface area contributed by atoms with Crippen LogP contribution in [0.3, 0.4) is 0 Å². The molecule has 0 aliphatic rings. The molecule has 2 rings (SSSR count). The average molecular weight is 378 g/mol. The molecule has 0 radical (unpaired) electrons. The van der Waals surface area contributed by atoms with Gasteiger partial charge in [0.15, 0.2) is 5.88 Å². The first-order valence-electron chi connectivity index (χ1n) is 7.71. The quantitative estimate of drug-likeness (QED) is 0.569.